The fourth-order valence-corrected chi connectivity index (χ4v) is 5.50. The van der Waals surface area contributed by atoms with Crippen LogP contribution in [0, 0.1) is 12.7 Å². The maximum atomic E-state index is 13.1. The SMILES string of the molecule is Cc1ccc(O)c(C(=O)[AsH]Cc2ccc(CNC(=O)c3cccnc3Oc3ccc(F)cc3)cc2)c1. The van der Waals surface area contributed by atoms with Crippen molar-refractivity contribution in [1.82, 2.24) is 10.3 Å². The van der Waals surface area contributed by atoms with Crippen molar-refractivity contribution < 1.29 is 23.8 Å². The minimum absolute atomic E-state index is 0.0164. The molecule has 4 aromatic rings. The van der Waals surface area contributed by atoms with Crippen molar-refractivity contribution in [2.45, 2.75) is 18.7 Å². The molecule has 2 N–H and O–H groups in total. The van der Waals surface area contributed by atoms with Crippen molar-refractivity contribution in [3.8, 4) is 17.4 Å². The van der Waals surface area contributed by atoms with E-state index in [1.165, 1.54) is 30.5 Å². The van der Waals surface area contributed by atoms with Gasteiger partial charge in [0.25, 0.3) is 0 Å². The minimum atomic E-state index is -0.973. The molecule has 0 bridgehead atoms. The summed E-state index contributed by atoms with van der Waals surface area (Å²) in [5, 5.41) is 13.5. The molecule has 182 valence electrons. The van der Waals surface area contributed by atoms with Gasteiger partial charge in [0.05, 0.1) is 0 Å². The summed E-state index contributed by atoms with van der Waals surface area (Å²) in [5.74, 6) is -0.198. The standard InChI is InChI=1S/C28H24AsFN2O4/c1-18-4-13-25(33)24(15-18)26(34)29-16-19-5-7-20(8-6-19)17-32-27(35)23-3-2-14-31-28(23)36-22-11-9-21(30)10-12-22/h2-15,29,33H,16-17H2,1H3,(H,32,35). The third-order valence-electron chi connectivity index (χ3n) is 5.37. The number of phenols is 1. The van der Waals surface area contributed by atoms with E-state index in [0.29, 0.717) is 23.1 Å². The Hall–Kier alpha value is -3.96. The monoisotopic (exact) mass is 546 g/mol. The number of carbonyl (C=O) groups is 2. The van der Waals surface area contributed by atoms with E-state index in [-0.39, 0.29) is 33.5 Å². The fraction of sp³-hybridized carbons (Fsp3) is 0.107. The van der Waals surface area contributed by atoms with Crippen LogP contribution in [0.2, 0.25) is 0 Å². The van der Waals surface area contributed by atoms with Gasteiger partial charge in [0.15, 0.2) is 0 Å². The number of hydrogen-bond acceptors (Lipinski definition) is 5. The van der Waals surface area contributed by atoms with Gasteiger partial charge in [-0.05, 0) is 24.3 Å². The number of aromatic hydroxyl groups is 1. The molecule has 0 aliphatic heterocycles. The maximum absolute atomic E-state index is 13.1. The molecule has 8 heteroatoms. The van der Waals surface area contributed by atoms with Gasteiger partial charge in [-0.1, -0.05) is 0 Å². The summed E-state index contributed by atoms with van der Waals surface area (Å²) >= 11 is -0.973. The second-order valence-electron chi connectivity index (χ2n) is 8.11. The summed E-state index contributed by atoms with van der Waals surface area (Å²) in [6.45, 7) is 2.19. The molecule has 0 aliphatic carbocycles. The van der Waals surface area contributed by atoms with Crippen LogP contribution < -0.4 is 10.1 Å². The Balaban J connectivity index is 1.32. The summed E-state index contributed by atoms with van der Waals surface area (Å²) in [7, 11) is 0. The number of aryl methyl sites for hydroxylation is 1. The molecule has 1 unspecified atom stereocenters. The van der Waals surface area contributed by atoms with Gasteiger partial charge >= 0.3 is 181 Å². The zero-order chi connectivity index (χ0) is 25.5. The van der Waals surface area contributed by atoms with Gasteiger partial charge in [0.2, 0.25) is 0 Å². The summed E-state index contributed by atoms with van der Waals surface area (Å²) in [4.78, 5) is 29.4. The van der Waals surface area contributed by atoms with E-state index in [9.17, 15) is 19.1 Å². The number of halogens is 1. The predicted octanol–water partition coefficient (Wildman–Crippen LogP) is 4.73. The molecule has 0 spiro atoms. The Kier molecular flexibility index (Phi) is 8.13. The molecule has 0 radical (unpaired) electrons. The van der Waals surface area contributed by atoms with Gasteiger partial charge in [0, 0.05) is 0 Å². The first-order valence-corrected chi connectivity index (χ1v) is 13.7. The summed E-state index contributed by atoms with van der Waals surface area (Å²) in [6, 6.07) is 21.5. The van der Waals surface area contributed by atoms with Crippen LogP contribution >= 0.6 is 0 Å². The molecule has 36 heavy (non-hydrogen) atoms. The molecule has 0 aliphatic rings. The van der Waals surface area contributed by atoms with E-state index in [1.807, 2.05) is 31.2 Å². The Morgan fingerprint density at radius 2 is 1.69 bits per heavy atom. The summed E-state index contributed by atoms with van der Waals surface area (Å²) < 4.78 is 18.8. The number of amides is 1. The average Bonchev–Trinajstić information content (AvgIpc) is 2.89. The van der Waals surface area contributed by atoms with Crippen molar-refractivity contribution in [3.05, 3.63) is 119 Å². The molecule has 1 heterocycles. The van der Waals surface area contributed by atoms with Crippen LogP contribution in [0.5, 0.6) is 17.4 Å². The number of pyridine rings is 1. The third kappa shape index (κ3) is 6.58. The zero-order valence-electron chi connectivity index (χ0n) is 19.5. The van der Waals surface area contributed by atoms with Crippen molar-refractivity contribution in [1.29, 1.82) is 0 Å². The second kappa shape index (κ2) is 11.6. The van der Waals surface area contributed by atoms with Gasteiger partial charge in [-0.3, -0.25) is 0 Å². The molecule has 1 aromatic heterocycles. The van der Waals surface area contributed by atoms with Gasteiger partial charge < -0.3 is 0 Å². The van der Waals surface area contributed by atoms with Gasteiger partial charge in [-0.15, -0.1) is 0 Å². The van der Waals surface area contributed by atoms with Gasteiger partial charge in [-0.2, -0.15) is 0 Å². The quantitative estimate of drug-likeness (QED) is 0.297. The van der Waals surface area contributed by atoms with E-state index < -0.39 is 15.8 Å². The van der Waals surface area contributed by atoms with E-state index in [0.717, 1.165) is 16.7 Å². The Morgan fingerprint density at radius 3 is 2.44 bits per heavy atom. The van der Waals surface area contributed by atoms with Gasteiger partial charge in [-0.25, -0.2) is 4.39 Å². The number of carbonyl (C=O) groups excluding carboxylic acids is 2. The van der Waals surface area contributed by atoms with Crippen LogP contribution in [0.15, 0.2) is 85.1 Å². The van der Waals surface area contributed by atoms with Crippen LogP contribution in [0.1, 0.15) is 37.4 Å². The first-order chi connectivity index (χ1) is 17.4. The van der Waals surface area contributed by atoms with Crippen LogP contribution in [0.3, 0.4) is 0 Å². The molecule has 0 saturated heterocycles. The molecule has 1 amide bonds. The van der Waals surface area contributed by atoms with E-state index in [1.54, 1.807) is 30.3 Å². The number of phenolic OH excluding ortho intramolecular Hbond substituents is 1. The molecule has 0 saturated carbocycles. The number of rotatable bonds is 9. The molecule has 0 fully saturated rings. The molecule has 6 nitrogen and oxygen atoms in total. The van der Waals surface area contributed by atoms with Crippen molar-refractivity contribution in [2.24, 2.45) is 0 Å². The van der Waals surface area contributed by atoms with Crippen molar-refractivity contribution in [3.63, 3.8) is 0 Å². The summed E-state index contributed by atoms with van der Waals surface area (Å²) in [6.07, 6.45) is 1.52. The van der Waals surface area contributed by atoms with Crippen LogP contribution in [0.25, 0.3) is 0 Å². The summed E-state index contributed by atoms with van der Waals surface area (Å²) in [5.41, 5.74) is 3.54. The average molecular weight is 546 g/mol. The van der Waals surface area contributed by atoms with Crippen LogP contribution in [-0.4, -0.2) is 36.3 Å². The molecule has 3 aromatic carbocycles. The normalized spacial score (nSPS) is 10.9. The topological polar surface area (TPSA) is 88.5 Å². The van der Waals surface area contributed by atoms with E-state index >= 15 is 0 Å². The first kappa shape index (κ1) is 25.1. The molecular weight excluding hydrogens is 522 g/mol. The zero-order valence-corrected chi connectivity index (χ0v) is 21.6. The molecule has 1 atom stereocenters. The number of aromatic nitrogens is 1. The van der Waals surface area contributed by atoms with Crippen LogP contribution in [-0.2, 0) is 11.8 Å². The molecule has 4 rings (SSSR count). The Bertz CT molecular complexity index is 1380. The third-order valence-corrected chi connectivity index (χ3v) is 7.84. The number of hydrogen-bond donors (Lipinski definition) is 2. The number of nitrogens with one attached hydrogen (secondary N) is 1. The number of ether oxygens (including phenoxy) is 1. The van der Waals surface area contributed by atoms with E-state index in [2.05, 4.69) is 10.3 Å². The number of nitrogens with zero attached hydrogens (tertiary/aromatic N) is 1. The predicted molar refractivity (Wildman–Crippen MR) is 136 cm³/mol. The van der Waals surface area contributed by atoms with Crippen molar-refractivity contribution >= 4 is 26.2 Å². The number of benzene rings is 3. The van der Waals surface area contributed by atoms with Gasteiger partial charge in [0.1, 0.15) is 5.82 Å². The van der Waals surface area contributed by atoms with E-state index in [4.69, 9.17) is 4.74 Å². The Morgan fingerprint density at radius 1 is 0.972 bits per heavy atom. The van der Waals surface area contributed by atoms with Crippen LogP contribution in [0.4, 0.5) is 4.39 Å². The van der Waals surface area contributed by atoms with Crippen molar-refractivity contribution in [2.75, 3.05) is 0 Å². The molecular formula is C28H24AsFN2O4. The first-order valence-electron chi connectivity index (χ1n) is 11.2. The second-order valence-corrected chi connectivity index (χ2v) is 10.6. The fourth-order valence-electron chi connectivity index (χ4n) is 3.42. The Labute approximate surface area is 214 Å².